The molecule has 0 spiro atoms. The number of nitrogens with zero attached hydrogens (tertiary/aromatic N) is 3. The van der Waals surface area contributed by atoms with E-state index in [-0.39, 0.29) is 28.0 Å². The van der Waals surface area contributed by atoms with E-state index in [1.54, 1.807) is 24.3 Å². The van der Waals surface area contributed by atoms with Crippen LogP contribution in [0, 0.1) is 0 Å². The molecular weight excluding hydrogens is 646 g/mol. The zero-order valence-electron chi connectivity index (χ0n) is 28.9. The number of hydrogen-bond acceptors (Lipinski definition) is 8. The van der Waals surface area contributed by atoms with Crippen molar-refractivity contribution >= 4 is 34.2 Å². The molecule has 0 unspecified atom stereocenters. The van der Waals surface area contributed by atoms with Gasteiger partial charge in [0.05, 0.1) is 42.9 Å². The Morgan fingerprint density at radius 3 is 2.37 bits per heavy atom. The number of carbonyl (C=O) groups excluding carboxylic acids is 2. The molecule has 2 N–H and O–H groups in total. The molecule has 11 nitrogen and oxygen atoms in total. The highest BCUT2D eigenvalue weighted by Crippen LogP contribution is 2.34. The Kier molecular flexibility index (Phi) is 10.6. The first-order valence-electron chi connectivity index (χ1n) is 16.6. The van der Waals surface area contributed by atoms with E-state index in [1.165, 1.54) is 31.9 Å². The fourth-order valence-corrected chi connectivity index (χ4v) is 5.74. The topological polar surface area (TPSA) is 128 Å². The van der Waals surface area contributed by atoms with E-state index >= 15 is 0 Å². The molecule has 0 fully saturated rings. The molecule has 0 aliphatic heterocycles. The molecule has 0 aliphatic rings. The summed E-state index contributed by atoms with van der Waals surface area (Å²) in [6.07, 6.45) is 5.64. The summed E-state index contributed by atoms with van der Waals surface area (Å²) < 4.78 is 18.6. The van der Waals surface area contributed by atoms with Crippen molar-refractivity contribution in [3.8, 4) is 17.2 Å². The van der Waals surface area contributed by atoms with Crippen LogP contribution >= 0.6 is 0 Å². The van der Waals surface area contributed by atoms with Gasteiger partial charge in [0.2, 0.25) is 0 Å². The maximum atomic E-state index is 13.6. The predicted octanol–water partition coefficient (Wildman–Crippen LogP) is 6.74. The number of likely N-dealkylation sites (N-methyl/N-ethyl adjacent to an activating group) is 1. The molecule has 51 heavy (non-hydrogen) atoms. The van der Waals surface area contributed by atoms with Crippen molar-refractivity contribution in [2.24, 2.45) is 0 Å². The molecular formula is C40H39N5O6. The van der Waals surface area contributed by atoms with E-state index in [2.05, 4.69) is 69.5 Å². The third-order valence-electron chi connectivity index (χ3n) is 8.53. The highest BCUT2D eigenvalue weighted by atomic mass is 16.5. The van der Waals surface area contributed by atoms with Gasteiger partial charge in [0.15, 0.2) is 22.7 Å². The average Bonchev–Trinajstić information content (AvgIpc) is 3.64. The zero-order valence-corrected chi connectivity index (χ0v) is 28.9. The predicted molar refractivity (Wildman–Crippen MR) is 197 cm³/mol. The number of benzene rings is 4. The van der Waals surface area contributed by atoms with E-state index < -0.39 is 11.8 Å². The number of fused-ring (bicyclic) bond motifs is 1. The van der Waals surface area contributed by atoms with Gasteiger partial charge >= 0.3 is 0 Å². The smallest absolute Gasteiger partial charge is 0.291 e. The number of para-hydroxylation sites is 1. The van der Waals surface area contributed by atoms with E-state index in [0.29, 0.717) is 22.6 Å². The summed E-state index contributed by atoms with van der Waals surface area (Å²) in [7, 11) is 5.01. The molecule has 2 heterocycles. The van der Waals surface area contributed by atoms with Gasteiger partial charge in [-0.05, 0) is 73.5 Å². The van der Waals surface area contributed by atoms with Crippen molar-refractivity contribution < 1.29 is 23.5 Å². The van der Waals surface area contributed by atoms with Crippen molar-refractivity contribution in [3.05, 3.63) is 142 Å². The van der Waals surface area contributed by atoms with E-state index in [1.807, 2.05) is 30.6 Å². The van der Waals surface area contributed by atoms with Crippen molar-refractivity contribution in [1.82, 2.24) is 14.5 Å². The Morgan fingerprint density at radius 1 is 0.863 bits per heavy atom. The van der Waals surface area contributed by atoms with Crippen molar-refractivity contribution in [2.45, 2.75) is 26.3 Å². The van der Waals surface area contributed by atoms with Gasteiger partial charge in [0.1, 0.15) is 5.58 Å². The molecule has 260 valence electrons. The van der Waals surface area contributed by atoms with Gasteiger partial charge in [-0.15, -0.1) is 0 Å². The lowest BCUT2D eigenvalue weighted by molar-refractivity contribution is 0.0997. The van der Waals surface area contributed by atoms with Crippen molar-refractivity contribution in [2.75, 3.05) is 38.4 Å². The molecule has 0 atom stereocenters. The first kappa shape index (κ1) is 34.7. The molecule has 6 rings (SSSR count). The van der Waals surface area contributed by atoms with Crippen LogP contribution in [0.15, 0.2) is 113 Å². The number of imidazole rings is 1. The summed E-state index contributed by atoms with van der Waals surface area (Å²) >= 11 is 0. The lowest BCUT2D eigenvalue weighted by Crippen LogP contribution is -2.21. The number of carbonyl (C=O) groups is 2. The zero-order chi connectivity index (χ0) is 35.9. The van der Waals surface area contributed by atoms with Crippen LogP contribution in [0.2, 0.25) is 0 Å². The highest BCUT2D eigenvalue weighted by Gasteiger charge is 2.21. The van der Waals surface area contributed by atoms with Crippen LogP contribution in [0.3, 0.4) is 0 Å². The Morgan fingerprint density at radius 2 is 1.63 bits per heavy atom. The number of anilines is 2. The van der Waals surface area contributed by atoms with Crippen molar-refractivity contribution in [1.29, 1.82) is 0 Å². The number of amides is 2. The monoisotopic (exact) mass is 685 g/mol. The van der Waals surface area contributed by atoms with Crippen LogP contribution < -0.4 is 25.5 Å². The molecule has 6 aromatic rings. The van der Waals surface area contributed by atoms with Gasteiger partial charge in [-0.1, -0.05) is 43.3 Å². The first-order chi connectivity index (χ1) is 24.7. The maximum Gasteiger partial charge on any atom is 0.291 e. The summed E-state index contributed by atoms with van der Waals surface area (Å²) in [6.45, 7) is 3.74. The number of aryl methyl sites for hydroxylation is 1. The second-order valence-electron chi connectivity index (χ2n) is 12.1. The summed E-state index contributed by atoms with van der Waals surface area (Å²) in [5.74, 6) is -0.784. The quantitative estimate of drug-likeness (QED) is 0.137. The molecule has 4 aromatic carbocycles. The third-order valence-corrected chi connectivity index (χ3v) is 8.53. The number of methoxy groups -OCH3 is 2. The standard InChI is InChI=1S/C40H39N5O6/c1-5-28-24-45(25-41-28)30-10-8-9-27(19-30)23-44(2)18-17-26-13-15-29(16-14-26)42-39(47)32-20-36(49-3)37(50-4)21-33(32)43-40(48)38-22-34(46)31-11-6-7-12-35(31)51-38/h6-16,19-22,24-25H,5,17-18,23H2,1-4H3,(H,42,47)(H,43,48). The normalized spacial score (nSPS) is 11.1. The summed E-state index contributed by atoms with van der Waals surface area (Å²) in [5.41, 5.74) is 5.25. The van der Waals surface area contributed by atoms with Crippen LogP contribution in [0.4, 0.5) is 11.4 Å². The molecule has 0 saturated heterocycles. The van der Waals surface area contributed by atoms with Gasteiger partial charge in [0, 0.05) is 42.8 Å². The van der Waals surface area contributed by atoms with Crippen LogP contribution in [0.5, 0.6) is 11.5 Å². The maximum absolute atomic E-state index is 13.6. The summed E-state index contributed by atoms with van der Waals surface area (Å²) in [4.78, 5) is 46.2. The number of rotatable bonds is 13. The Hall–Kier alpha value is -6.20. The van der Waals surface area contributed by atoms with E-state index in [0.717, 1.165) is 48.9 Å². The molecule has 11 heteroatoms. The molecule has 2 amide bonds. The minimum atomic E-state index is -0.704. The van der Waals surface area contributed by atoms with Gasteiger partial charge in [0.25, 0.3) is 11.8 Å². The van der Waals surface area contributed by atoms with Gasteiger partial charge in [-0.2, -0.15) is 0 Å². The largest absolute Gasteiger partial charge is 0.493 e. The van der Waals surface area contributed by atoms with E-state index in [9.17, 15) is 14.4 Å². The minimum absolute atomic E-state index is 0.123. The summed E-state index contributed by atoms with van der Waals surface area (Å²) in [6, 6.07) is 26.9. The average molecular weight is 686 g/mol. The molecule has 0 bridgehead atoms. The summed E-state index contributed by atoms with van der Waals surface area (Å²) in [5, 5.41) is 5.97. The first-order valence-corrected chi connectivity index (χ1v) is 16.6. The van der Waals surface area contributed by atoms with Crippen LogP contribution in [-0.2, 0) is 19.4 Å². The number of hydrogen-bond donors (Lipinski definition) is 2. The van der Waals surface area contributed by atoms with Crippen LogP contribution in [0.1, 0.15) is 44.7 Å². The number of aromatic nitrogens is 2. The van der Waals surface area contributed by atoms with E-state index in [4.69, 9.17) is 13.9 Å². The second kappa shape index (κ2) is 15.6. The lowest BCUT2D eigenvalue weighted by Gasteiger charge is -2.18. The van der Waals surface area contributed by atoms with Crippen LogP contribution in [0.25, 0.3) is 16.7 Å². The lowest BCUT2D eigenvalue weighted by atomic mass is 10.1. The third kappa shape index (κ3) is 8.17. The minimum Gasteiger partial charge on any atom is -0.493 e. The Bertz CT molecular complexity index is 2240. The van der Waals surface area contributed by atoms with Gasteiger partial charge in [-0.25, -0.2) is 4.98 Å². The Balaban J connectivity index is 1.11. The molecule has 0 saturated carbocycles. The fraction of sp³-hybridized carbons (Fsp3) is 0.200. The number of nitrogens with one attached hydrogen (secondary N) is 2. The molecule has 0 radical (unpaired) electrons. The number of ether oxygens (including phenoxy) is 2. The SMILES string of the molecule is CCc1cn(-c2cccc(CN(C)CCc3ccc(NC(=O)c4cc(OC)c(OC)cc4NC(=O)c4cc(=O)c5ccccc5o4)cc3)c2)cn1. The fourth-order valence-electron chi connectivity index (χ4n) is 5.74. The van der Waals surface area contributed by atoms with Crippen molar-refractivity contribution in [3.63, 3.8) is 0 Å². The molecule has 0 aliphatic carbocycles. The highest BCUT2D eigenvalue weighted by molar-refractivity contribution is 6.12. The van der Waals surface area contributed by atoms with Gasteiger partial charge in [-0.3, -0.25) is 14.4 Å². The van der Waals surface area contributed by atoms with Crippen LogP contribution in [-0.4, -0.2) is 54.1 Å². The Labute approximate surface area is 295 Å². The second-order valence-corrected chi connectivity index (χ2v) is 12.1. The molecule has 2 aromatic heterocycles. The van der Waals surface area contributed by atoms with Gasteiger partial charge < -0.3 is 34.0 Å².